The molecule has 1 aromatic carbocycles. The monoisotopic (exact) mass is 361 g/mol. The molecular formula is C20H28FN3O2. The Bertz CT molecular complexity index is 629. The van der Waals surface area contributed by atoms with E-state index in [0.717, 1.165) is 63.8 Å². The van der Waals surface area contributed by atoms with Gasteiger partial charge in [0, 0.05) is 39.1 Å². The van der Waals surface area contributed by atoms with Gasteiger partial charge in [0.1, 0.15) is 5.82 Å². The van der Waals surface area contributed by atoms with Crippen LogP contribution in [0.3, 0.4) is 0 Å². The number of likely N-dealkylation sites (tertiary alicyclic amines) is 2. The molecule has 0 spiro atoms. The number of urea groups is 1. The van der Waals surface area contributed by atoms with Gasteiger partial charge in [-0.15, -0.1) is 0 Å². The van der Waals surface area contributed by atoms with Crippen molar-refractivity contribution in [3.8, 4) is 0 Å². The molecule has 0 aromatic heterocycles. The maximum Gasteiger partial charge on any atom is 0.317 e. The molecule has 142 valence electrons. The molecule has 2 saturated heterocycles. The number of nitrogens with one attached hydrogen (secondary N) is 1. The number of benzene rings is 1. The van der Waals surface area contributed by atoms with Crippen molar-refractivity contribution in [2.24, 2.45) is 5.92 Å². The first-order chi connectivity index (χ1) is 12.6. The van der Waals surface area contributed by atoms with Crippen molar-refractivity contribution in [3.05, 3.63) is 35.6 Å². The highest BCUT2D eigenvalue weighted by molar-refractivity contribution is 5.78. The standard InChI is InChI=1S/C20H28FN3O2/c21-18-5-1-4-17(15-18)14-16-7-12-24(13-8-16)20(26)22-9-3-11-23-10-2-6-19(23)25/h1,4-5,15-16H,2-3,6-14H2,(H,22,26). The van der Waals surface area contributed by atoms with Crippen LogP contribution in [0.4, 0.5) is 9.18 Å². The Kier molecular flexibility index (Phi) is 6.47. The van der Waals surface area contributed by atoms with Crippen molar-refractivity contribution in [3.63, 3.8) is 0 Å². The average molecular weight is 361 g/mol. The van der Waals surface area contributed by atoms with E-state index in [-0.39, 0.29) is 17.8 Å². The quantitative estimate of drug-likeness (QED) is 0.792. The molecule has 2 fully saturated rings. The number of piperidine rings is 1. The lowest BCUT2D eigenvalue weighted by molar-refractivity contribution is -0.127. The van der Waals surface area contributed by atoms with Crippen molar-refractivity contribution >= 4 is 11.9 Å². The van der Waals surface area contributed by atoms with Crippen LogP contribution in [0, 0.1) is 11.7 Å². The molecule has 0 bridgehead atoms. The second-order valence-corrected chi connectivity index (χ2v) is 7.33. The Hall–Kier alpha value is -2.11. The largest absolute Gasteiger partial charge is 0.343 e. The second kappa shape index (κ2) is 9.01. The summed E-state index contributed by atoms with van der Waals surface area (Å²) in [6, 6.07) is 6.78. The normalized spacial score (nSPS) is 18.4. The van der Waals surface area contributed by atoms with Gasteiger partial charge in [-0.25, -0.2) is 9.18 Å². The highest BCUT2D eigenvalue weighted by Crippen LogP contribution is 2.22. The van der Waals surface area contributed by atoms with Crippen LogP contribution in [-0.4, -0.2) is 54.5 Å². The van der Waals surface area contributed by atoms with Gasteiger partial charge >= 0.3 is 6.03 Å². The molecule has 1 aromatic rings. The van der Waals surface area contributed by atoms with Gasteiger partial charge < -0.3 is 15.1 Å². The highest BCUT2D eigenvalue weighted by Gasteiger charge is 2.23. The van der Waals surface area contributed by atoms with E-state index in [9.17, 15) is 14.0 Å². The third kappa shape index (κ3) is 5.19. The predicted molar refractivity (Wildman–Crippen MR) is 98.2 cm³/mol. The zero-order valence-corrected chi connectivity index (χ0v) is 15.3. The Morgan fingerprint density at radius 1 is 1.23 bits per heavy atom. The van der Waals surface area contributed by atoms with Gasteiger partial charge in [-0.3, -0.25) is 4.79 Å². The van der Waals surface area contributed by atoms with Crippen LogP contribution in [0.15, 0.2) is 24.3 Å². The van der Waals surface area contributed by atoms with Gasteiger partial charge in [-0.1, -0.05) is 12.1 Å². The Morgan fingerprint density at radius 2 is 2.04 bits per heavy atom. The van der Waals surface area contributed by atoms with Gasteiger partial charge in [-0.2, -0.15) is 0 Å². The smallest absolute Gasteiger partial charge is 0.317 e. The summed E-state index contributed by atoms with van der Waals surface area (Å²) < 4.78 is 13.3. The predicted octanol–water partition coefficient (Wildman–Crippen LogP) is 2.80. The molecule has 0 aliphatic carbocycles. The summed E-state index contributed by atoms with van der Waals surface area (Å²) in [5, 5.41) is 2.96. The first kappa shape index (κ1) is 18.7. The molecule has 0 atom stereocenters. The maximum atomic E-state index is 13.3. The molecule has 0 radical (unpaired) electrons. The van der Waals surface area contributed by atoms with Gasteiger partial charge in [0.15, 0.2) is 0 Å². The zero-order chi connectivity index (χ0) is 18.4. The SMILES string of the molecule is O=C1CCCN1CCCNC(=O)N1CCC(Cc2cccc(F)c2)CC1. The highest BCUT2D eigenvalue weighted by atomic mass is 19.1. The van der Waals surface area contributed by atoms with Gasteiger partial charge in [0.2, 0.25) is 5.91 Å². The molecule has 0 saturated carbocycles. The topological polar surface area (TPSA) is 52.7 Å². The van der Waals surface area contributed by atoms with E-state index in [1.807, 2.05) is 15.9 Å². The number of hydrogen-bond donors (Lipinski definition) is 1. The number of nitrogens with zero attached hydrogens (tertiary/aromatic N) is 2. The zero-order valence-electron chi connectivity index (χ0n) is 15.3. The van der Waals surface area contributed by atoms with Crippen molar-refractivity contribution in [1.29, 1.82) is 0 Å². The van der Waals surface area contributed by atoms with E-state index in [0.29, 0.717) is 18.9 Å². The first-order valence-corrected chi connectivity index (χ1v) is 9.67. The molecule has 6 heteroatoms. The van der Waals surface area contributed by atoms with E-state index in [4.69, 9.17) is 0 Å². The molecule has 26 heavy (non-hydrogen) atoms. The Morgan fingerprint density at radius 3 is 2.73 bits per heavy atom. The number of halogens is 1. The van der Waals surface area contributed by atoms with Crippen molar-refractivity contribution in [1.82, 2.24) is 15.1 Å². The molecule has 2 heterocycles. The van der Waals surface area contributed by atoms with E-state index in [1.165, 1.54) is 6.07 Å². The van der Waals surface area contributed by atoms with E-state index in [1.54, 1.807) is 12.1 Å². The molecule has 3 amide bonds. The third-order valence-electron chi connectivity index (χ3n) is 5.37. The summed E-state index contributed by atoms with van der Waals surface area (Å²) in [6.45, 7) is 3.68. The average Bonchev–Trinajstić information content (AvgIpc) is 3.04. The number of rotatable bonds is 6. The van der Waals surface area contributed by atoms with Crippen LogP contribution in [0.25, 0.3) is 0 Å². The molecule has 2 aliphatic heterocycles. The van der Waals surface area contributed by atoms with Crippen molar-refractivity contribution in [2.75, 3.05) is 32.7 Å². The lowest BCUT2D eigenvalue weighted by Gasteiger charge is -2.32. The minimum absolute atomic E-state index is 0.0121. The summed E-state index contributed by atoms with van der Waals surface area (Å²) in [4.78, 5) is 27.5. The second-order valence-electron chi connectivity index (χ2n) is 7.33. The fraction of sp³-hybridized carbons (Fsp3) is 0.600. The van der Waals surface area contributed by atoms with E-state index < -0.39 is 0 Å². The summed E-state index contributed by atoms with van der Waals surface area (Å²) in [5.74, 6) is 0.550. The molecule has 1 N–H and O–H groups in total. The lowest BCUT2D eigenvalue weighted by Crippen LogP contribution is -2.45. The Labute approximate surface area is 154 Å². The van der Waals surface area contributed by atoms with E-state index in [2.05, 4.69) is 5.32 Å². The van der Waals surface area contributed by atoms with Crippen LogP contribution in [0.1, 0.15) is 37.7 Å². The van der Waals surface area contributed by atoms with Crippen LogP contribution in [0.2, 0.25) is 0 Å². The van der Waals surface area contributed by atoms with Gasteiger partial charge in [-0.05, 0) is 55.7 Å². The summed E-state index contributed by atoms with van der Waals surface area (Å²) in [7, 11) is 0. The fourth-order valence-electron chi connectivity index (χ4n) is 3.85. The number of carbonyl (C=O) groups excluding carboxylic acids is 2. The van der Waals surface area contributed by atoms with Crippen LogP contribution < -0.4 is 5.32 Å². The fourth-order valence-corrected chi connectivity index (χ4v) is 3.85. The van der Waals surface area contributed by atoms with Crippen LogP contribution in [0.5, 0.6) is 0 Å². The summed E-state index contributed by atoms with van der Waals surface area (Å²) in [6.07, 6.45) is 5.19. The number of carbonyl (C=O) groups is 2. The van der Waals surface area contributed by atoms with Crippen LogP contribution in [-0.2, 0) is 11.2 Å². The minimum Gasteiger partial charge on any atom is -0.343 e. The lowest BCUT2D eigenvalue weighted by atomic mass is 9.90. The summed E-state index contributed by atoms with van der Waals surface area (Å²) >= 11 is 0. The minimum atomic E-state index is -0.185. The third-order valence-corrected chi connectivity index (χ3v) is 5.37. The number of hydrogen-bond acceptors (Lipinski definition) is 2. The molecule has 5 nitrogen and oxygen atoms in total. The molecule has 0 unspecified atom stereocenters. The van der Waals surface area contributed by atoms with E-state index >= 15 is 0 Å². The van der Waals surface area contributed by atoms with Crippen molar-refractivity contribution < 1.29 is 14.0 Å². The summed E-state index contributed by atoms with van der Waals surface area (Å²) in [5.41, 5.74) is 1.03. The first-order valence-electron chi connectivity index (χ1n) is 9.67. The molecular weight excluding hydrogens is 333 g/mol. The molecule has 3 rings (SSSR count). The van der Waals surface area contributed by atoms with Crippen molar-refractivity contribution in [2.45, 2.75) is 38.5 Å². The van der Waals surface area contributed by atoms with Gasteiger partial charge in [0.05, 0.1) is 0 Å². The number of amides is 3. The Balaban J connectivity index is 1.32. The molecule has 2 aliphatic rings. The van der Waals surface area contributed by atoms with Gasteiger partial charge in [0.25, 0.3) is 0 Å². The van der Waals surface area contributed by atoms with Crippen LogP contribution >= 0.6 is 0 Å². The maximum absolute atomic E-state index is 13.3.